The van der Waals surface area contributed by atoms with Crippen LogP contribution in [0.4, 0.5) is 0 Å². The van der Waals surface area contributed by atoms with Gasteiger partial charge in [-0.1, -0.05) is 118 Å². The molecule has 0 N–H and O–H groups in total. The van der Waals surface area contributed by atoms with Gasteiger partial charge in [0.05, 0.1) is 0 Å². The topological polar surface area (TPSA) is 0 Å². The molecule has 37 heavy (non-hydrogen) atoms. The smallest absolute Gasteiger partial charge is 0.184 e. The molecular formula is C36H50W. The zero-order valence-electron chi connectivity index (χ0n) is 25.0. The minimum Gasteiger partial charge on any atom is -0.184 e. The fourth-order valence-electron chi connectivity index (χ4n) is 2.57. The maximum Gasteiger partial charge on any atom is 2.00 e. The van der Waals surface area contributed by atoms with Crippen molar-refractivity contribution in [2.45, 2.75) is 69.2 Å². The van der Waals surface area contributed by atoms with Crippen LogP contribution in [-0.2, 0) is 21.1 Å². The van der Waals surface area contributed by atoms with Gasteiger partial charge < -0.3 is 0 Å². The van der Waals surface area contributed by atoms with Crippen LogP contribution < -0.4 is 0 Å². The second-order valence-electron chi connectivity index (χ2n) is 5.70. The number of rotatable bonds is 0. The Labute approximate surface area is 244 Å². The number of fused-ring (bicyclic) bond motifs is 2. The van der Waals surface area contributed by atoms with Gasteiger partial charge in [0.2, 0.25) is 0 Å². The summed E-state index contributed by atoms with van der Waals surface area (Å²) in [5.74, 6) is 0. The van der Waals surface area contributed by atoms with E-state index in [2.05, 4.69) is 72.8 Å². The molecule has 0 aromatic heterocycles. The SMILES string of the molecule is CC.CC.CC.CC.CC.[W+2].[c-]1ccccc1.[c-]1ccccc1.c1ccc2cc3ccccc3cc2c1. The summed E-state index contributed by atoms with van der Waals surface area (Å²) in [7, 11) is 0. The van der Waals surface area contributed by atoms with Crippen LogP contribution in [-0.4, -0.2) is 0 Å². The fraction of sp³-hybridized carbons (Fsp3) is 0.278. The Morgan fingerprint density at radius 3 is 0.676 bits per heavy atom. The van der Waals surface area contributed by atoms with Crippen molar-refractivity contribution in [1.82, 2.24) is 0 Å². The van der Waals surface area contributed by atoms with Crippen LogP contribution in [0.15, 0.2) is 121 Å². The Morgan fingerprint density at radius 2 is 0.541 bits per heavy atom. The summed E-state index contributed by atoms with van der Waals surface area (Å²) in [4.78, 5) is 0. The van der Waals surface area contributed by atoms with Gasteiger partial charge in [0.25, 0.3) is 0 Å². The third-order valence-electron chi connectivity index (χ3n) is 3.83. The van der Waals surface area contributed by atoms with E-state index in [-0.39, 0.29) is 21.1 Å². The van der Waals surface area contributed by atoms with Crippen molar-refractivity contribution in [2.24, 2.45) is 0 Å². The van der Waals surface area contributed by atoms with E-state index in [9.17, 15) is 0 Å². The molecule has 0 atom stereocenters. The van der Waals surface area contributed by atoms with Gasteiger partial charge in [0.15, 0.2) is 0 Å². The van der Waals surface area contributed by atoms with Crippen molar-refractivity contribution in [1.29, 1.82) is 0 Å². The minimum absolute atomic E-state index is 0. The van der Waals surface area contributed by atoms with Crippen molar-refractivity contribution in [3.8, 4) is 0 Å². The molecule has 0 bridgehead atoms. The van der Waals surface area contributed by atoms with Gasteiger partial charge in [0.1, 0.15) is 0 Å². The van der Waals surface area contributed by atoms with Crippen LogP contribution in [0.2, 0.25) is 0 Å². The molecule has 1 heteroatoms. The van der Waals surface area contributed by atoms with Gasteiger partial charge >= 0.3 is 21.1 Å². The van der Waals surface area contributed by atoms with Crippen molar-refractivity contribution in [2.75, 3.05) is 0 Å². The Hall–Kier alpha value is -2.69. The quantitative estimate of drug-likeness (QED) is 0.114. The first-order valence-electron chi connectivity index (χ1n) is 13.6. The predicted molar refractivity (Wildman–Crippen MR) is 169 cm³/mol. The predicted octanol–water partition coefficient (Wildman–Crippen LogP) is 12.1. The largest absolute Gasteiger partial charge is 2.00 e. The van der Waals surface area contributed by atoms with Crippen molar-refractivity contribution in [3.05, 3.63) is 133 Å². The Kier molecular flexibility index (Phi) is 39.7. The first-order chi connectivity index (χ1) is 17.9. The molecule has 5 rings (SSSR count). The van der Waals surface area contributed by atoms with Gasteiger partial charge in [-0.2, -0.15) is 72.8 Å². The van der Waals surface area contributed by atoms with E-state index in [1.165, 1.54) is 21.5 Å². The minimum atomic E-state index is 0. The average molecular weight is 667 g/mol. The average Bonchev–Trinajstić information content (AvgIpc) is 3.03. The van der Waals surface area contributed by atoms with E-state index >= 15 is 0 Å². The molecule has 0 aliphatic heterocycles. The van der Waals surface area contributed by atoms with Crippen molar-refractivity contribution in [3.63, 3.8) is 0 Å². The summed E-state index contributed by atoms with van der Waals surface area (Å²) in [5, 5.41) is 5.25. The zero-order chi connectivity index (χ0) is 27.9. The number of benzene rings is 5. The molecule has 0 saturated carbocycles. The molecular weight excluding hydrogens is 616 g/mol. The van der Waals surface area contributed by atoms with Crippen LogP contribution in [0.3, 0.4) is 0 Å². The van der Waals surface area contributed by atoms with Crippen molar-refractivity contribution < 1.29 is 21.1 Å². The monoisotopic (exact) mass is 666 g/mol. The summed E-state index contributed by atoms with van der Waals surface area (Å²) in [6.07, 6.45) is 0. The zero-order valence-corrected chi connectivity index (χ0v) is 27.9. The molecule has 0 unspecified atom stereocenters. The van der Waals surface area contributed by atoms with E-state index in [1.807, 2.05) is 130 Å². The molecule has 0 spiro atoms. The van der Waals surface area contributed by atoms with Gasteiger partial charge in [0, 0.05) is 0 Å². The molecule has 5 aromatic carbocycles. The van der Waals surface area contributed by atoms with Gasteiger partial charge in [-0.3, -0.25) is 0 Å². The molecule has 0 amide bonds. The summed E-state index contributed by atoms with van der Waals surface area (Å²) in [6, 6.07) is 46.4. The van der Waals surface area contributed by atoms with E-state index in [1.54, 1.807) is 0 Å². The first-order valence-corrected chi connectivity index (χ1v) is 13.6. The summed E-state index contributed by atoms with van der Waals surface area (Å²) in [6.45, 7) is 20.0. The maximum absolute atomic E-state index is 2.89. The van der Waals surface area contributed by atoms with Gasteiger partial charge in [-0.15, -0.1) is 0 Å². The second-order valence-corrected chi connectivity index (χ2v) is 5.70. The third kappa shape index (κ3) is 21.1. The van der Waals surface area contributed by atoms with Gasteiger partial charge in [-0.25, -0.2) is 0 Å². The Bertz CT molecular complexity index is 835. The first kappa shape index (κ1) is 41.4. The van der Waals surface area contributed by atoms with Crippen LogP contribution in [0.1, 0.15) is 69.2 Å². The summed E-state index contributed by atoms with van der Waals surface area (Å²) in [5.41, 5.74) is 0. The van der Waals surface area contributed by atoms with Crippen LogP contribution in [0.25, 0.3) is 21.5 Å². The van der Waals surface area contributed by atoms with E-state index in [4.69, 9.17) is 0 Å². The van der Waals surface area contributed by atoms with E-state index in [0.29, 0.717) is 0 Å². The fourth-order valence-corrected chi connectivity index (χ4v) is 2.57. The third-order valence-corrected chi connectivity index (χ3v) is 3.83. The molecule has 200 valence electrons. The molecule has 0 fully saturated rings. The number of hydrogen-bond donors (Lipinski definition) is 0. The Morgan fingerprint density at radius 1 is 0.324 bits per heavy atom. The number of hydrogen-bond acceptors (Lipinski definition) is 0. The molecule has 5 aromatic rings. The molecule has 0 saturated heterocycles. The standard InChI is InChI=1S/C14H10.2C6H5.5C2H6.W/c1-2-6-12-10-14-8-4-3-7-13(14)9-11(12)5-1;2*1-2-4-6-5-3-1;5*1-2;/h1-10H;2*1-5H;5*1-2H3;/q;2*-1;;;;;;+2. The molecule has 0 aliphatic rings. The van der Waals surface area contributed by atoms with Crippen LogP contribution in [0.5, 0.6) is 0 Å². The summed E-state index contributed by atoms with van der Waals surface area (Å²) < 4.78 is 0. The van der Waals surface area contributed by atoms with E-state index < -0.39 is 0 Å². The normalized spacial score (nSPS) is 7.51. The van der Waals surface area contributed by atoms with Crippen molar-refractivity contribution >= 4 is 21.5 Å². The summed E-state index contributed by atoms with van der Waals surface area (Å²) >= 11 is 0. The van der Waals surface area contributed by atoms with Gasteiger partial charge in [-0.05, 0) is 33.7 Å². The second kappa shape index (κ2) is 35.5. The molecule has 0 heterocycles. The maximum atomic E-state index is 2.89. The van der Waals surface area contributed by atoms with Crippen LogP contribution in [0, 0.1) is 12.1 Å². The molecule has 0 radical (unpaired) electrons. The molecule has 0 nitrogen and oxygen atoms in total. The Balaban J connectivity index is -0.000000202. The van der Waals surface area contributed by atoms with E-state index in [0.717, 1.165) is 0 Å². The molecule has 0 aliphatic carbocycles. The van der Waals surface area contributed by atoms with Crippen LogP contribution >= 0.6 is 0 Å².